The normalized spacial score (nSPS) is 19.0. The summed E-state index contributed by atoms with van der Waals surface area (Å²) < 4.78 is 13.2. The molecule has 28 heavy (non-hydrogen) atoms. The van der Waals surface area contributed by atoms with Crippen molar-refractivity contribution in [1.82, 2.24) is 14.7 Å². The Hall–Kier alpha value is -2.22. The second-order valence-corrected chi connectivity index (χ2v) is 8.43. The van der Waals surface area contributed by atoms with E-state index in [1.807, 2.05) is 52.9 Å². The van der Waals surface area contributed by atoms with Crippen LogP contribution in [-0.4, -0.2) is 53.2 Å². The monoisotopic (exact) mass is 397 g/mol. The summed E-state index contributed by atoms with van der Waals surface area (Å²) in [5.74, 6) is 0.509. The van der Waals surface area contributed by atoms with Crippen LogP contribution in [0.4, 0.5) is 0 Å². The molecule has 0 bridgehead atoms. The van der Waals surface area contributed by atoms with Gasteiger partial charge in [-0.25, -0.2) is 4.68 Å². The molecule has 2 fully saturated rings. The number of aromatic nitrogens is 2. The Balaban J connectivity index is 1.36. The van der Waals surface area contributed by atoms with Gasteiger partial charge in [0.2, 0.25) is 0 Å². The second-order valence-electron chi connectivity index (χ2n) is 7.40. The quantitative estimate of drug-likeness (QED) is 0.677. The van der Waals surface area contributed by atoms with Crippen molar-refractivity contribution < 1.29 is 14.3 Å². The van der Waals surface area contributed by atoms with E-state index in [2.05, 4.69) is 5.10 Å². The highest BCUT2D eigenvalue weighted by Crippen LogP contribution is 2.32. The first kappa shape index (κ1) is 17.8. The van der Waals surface area contributed by atoms with Crippen molar-refractivity contribution in [3.63, 3.8) is 0 Å². The lowest BCUT2D eigenvalue weighted by molar-refractivity contribution is -0.0955. The number of carbonyl (C=O) groups excluding carboxylic acids is 1. The molecule has 2 aliphatic heterocycles. The number of amides is 1. The van der Waals surface area contributed by atoms with Gasteiger partial charge in [0.15, 0.2) is 6.29 Å². The lowest BCUT2D eigenvalue weighted by Crippen LogP contribution is -2.41. The molecule has 0 N–H and O–H groups in total. The zero-order chi connectivity index (χ0) is 19.1. The Kier molecular flexibility index (Phi) is 4.66. The summed E-state index contributed by atoms with van der Waals surface area (Å²) in [5.41, 5.74) is 1.96. The van der Waals surface area contributed by atoms with Gasteiger partial charge in [-0.05, 0) is 38.0 Å². The lowest BCUT2D eigenvalue weighted by Gasteiger charge is -2.33. The third kappa shape index (κ3) is 3.13. The number of hydrogen-bond donors (Lipinski definition) is 0. The molecule has 1 amide bonds. The first-order chi connectivity index (χ1) is 13.7. The largest absolute Gasteiger partial charge is 0.350 e. The summed E-state index contributed by atoms with van der Waals surface area (Å²) in [5, 5.41) is 5.72. The van der Waals surface area contributed by atoms with Crippen LogP contribution in [0.15, 0.2) is 36.4 Å². The molecular formula is C21H23N3O3S. The molecule has 2 aromatic heterocycles. The average molecular weight is 398 g/mol. The van der Waals surface area contributed by atoms with E-state index < -0.39 is 0 Å². The molecule has 0 aliphatic carbocycles. The minimum absolute atomic E-state index is 0.0823. The molecule has 6 nitrogen and oxygen atoms in total. The standard InChI is InChI=1S/C21H23N3O3S/c1-14-17-13-18(28-20(17)24(22-14)16-5-3-2-4-6-16)19(25)23-9-7-15(8-10-23)21-26-11-12-27-21/h2-6,13,15,21H,7-12H2,1H3. The molecule has 0 radical (unpaired) electrons. The zero-order valence-electron chi connectivity index (χ0n) is 15.8. The molecule has 4 heterocycles. The number of aryl methyl sites for hydroxylation is 1. The van der Waals surface area contributed by atoms with Crippen molar-refractivity contribution in [3.8, 4) is 5.69 Å². The fraction of sp³-hybridized carbons (Fsp3) is 0.429. The van der Waals surface area contributed by atoms with E-state index in [9.17, 15) is 4.79 Å². The van der Waals surface area contributed by atoms with Crippen LogP contribution in [0.3, 0.4) is 0 Å². The van der Waals surface area contributed by atoms with Crippen LogP contribution in [0.25, 0.3) is 15.9 Å². The van der Waals surface area contributed by atoms with E-state index in [0.717, 1.165) is 52.4 Å². The minimum atomic E-state index is -0.0823. The van der Waals surface area contributed by atoms with Gasteiger partial charge in [0, 0.05) is 24.4 Å². The third-order valence-electron chi connectivity index (χ3n) is 5.62. The van der Waals surface area contributed by atoms with Crippen molar-refractivity contribution in [2.45, 2.75) is 26.1 Å². The van der Waals surface area contributed by atoms with Crippen LogP contribution in [0, 0.1) is 12.8 Å². The molecule has 2 aliphatic rings. The number of likely N-dealkylation sites (tertiary alicyclic amines) is 1. The van der Waals surface area contributed by atoms with Gasteiger partial charge in [-0.15, -0.1) is 11.3 Å². The number of benzene rings is 1. The van der Waals surface area contributed by atoms with Crippen LogP contribution in [-0.2, 0) is 9.47 Å². The van der Waals surface area contributed by atoms with Crippen molar-refractivity contribution in [2.24, 2.45) is 5.92 Å². The summed E-state index contributed by atoms with van der Waals surface area (Å²) in [6.07, 6.45) is 1.78. The van der Waals surface area contributed by atoms with Crippen molar-refractivity contribution in [1.29, 1.82) is 0 Å². The van der Waals surface area contributed by atoms with Gasteiger partial charge in [0.05, 0.1) is 29.5 Å². The molecule has 3 aromatic rings. The maximum atomic E-state index is 13.1. The number of nitrogens with zero attached hydrogens (tertiary/aromatic N) is 3. The maximum absolute atomic E-state index is 13.1. The number of thiophene rings is 1. The minimum Gasteiger partial charge on any atom is -0.350 e. The predicted molar refractivity (Wildman–Crippen MR) is 108 cm³/mol. The number of fused-ring (bicyclic) bond motifs is 1. The average Bonchev–Trinajstić information content (AvgIpc) is 3.47. The molecule has 0 atom stereocenters. The molecule has 0 unspecified atom stereocenters. The van der Waals surface area contributed by atoms with Crippen molar-refractivity contribution in [3.05, 3.63) is 47.0 Å². The summed E-state index contributed by atoms with van der Waals surface area (Å²) in [4.78, 5) is 16.9. The molecule has 0 spiro atoms. The zero-order valence-corrected chi connectivity index (χ0v) is 16.7. The third-order valence-corrected chi connectivity index (χ3v) is 6.71. The van der Waals surface area contributed by atoms with Gasteiger partial charge < -0.3 is 14.4 Å². The van der Waals surface area contributed by atoms with Gasteiger partial charge in [0.1, 0.15) is 4.83 Å². The van der Waals surface area contributed by atoms with Crippen molar-refractivity contribution >= 4 is 27.5 Å². The summed E-state index contributed by atoms with van der Waals surface area (Å²) in [6.45, 7) is 4.87. The number of carbonyl (C=O) groups is 1. The van der Waals surface area contributed by atoms with E-state index in [1.54, 1.807) is 0 Å². The number of para-hydroxylation sites is 1. The fourth-order valence-electron chi connectivity index (χ4n) is 4.08. The van der Waals surface area contributed by atoms with Crippen LogP contribution >= 0.6 is 11.3 Å². The number of ether oxygens (including phenoxy) is 2. The molecular weight excluding hydrogens is 374 g/mol. The highest BCUT2D eigenvalue weighted by molar-refractivity contribution is 7.20. The Morgan fingerprint density at radius 2 is 1.86 bits per heavy atom. The summed E-state index contributed by atoms with van der Waals surface area (Å²) >= 11 is 1.53. The van der Waals surface area contributed by atoms with Crippen LogP contribution in [0.2, 0.25) is 0 Å². The Morgan fingerprint density at radius 1 is 1.14 bits per heavy atom. The van der Waals surface area contributed by atoms with Crippen LogP contribution in [0.5, 0.6) is 0 Å². The molecule has 146 valence electrons. The first-order valence-electron chi connectivity index (χ1n) is 9.78. The van der Waals surface area contributed by atoms with E-state index in [1.165, 1.54) is 11.3 Å². The molecule has 0 saturated carbocycles. The first-order valence-corrected chi connectivity index (χ1v) is 10.6. The predicted octanol–water partition coefficient (Wildman–Crippen LogP) is 3.62. The number of piperidine rings is 1. The Bertz CT molecular complexity index is 983. The van der Waals surface area contributed by atoms with Crippen LogP contribution in [0.1, 0.15) is 28.2 Å². The van der Waals surface area contributed by atoms with E-state index in [0.29, 0.717) is 19.1 Å². The van der Waals surface area contributed by atoms with E-state index in [4.69, 9.17) is 9.47 Å². The van der Waals surface area contributed by atoms with Crippen LogP contribution < -0.4 is 0 Å². The maximum Gasteiger partial charge on any atom is 0.264 e. The van der Waals surface area contributed by atoms with Gasteiger partial charge in [-0.3, -0.25) is 4.79 Å². The van der Waals surface area contributed by atoms with Gasteiger partial charge in [0.25, 0.3) is 5.91 Å². The molecule has 1 aromatic carbocycles. The topological polar surface area (TPSA) is 56.6 Å². The Morgan fingerprint density at radius 3 is 2.57 bits per heavy atom. The lowest BCUT2D eigenvalue weighted by atomic mass is 9.96. The van der Waals surface area contributed by atoms with Gasteiger partial charge in [-0.1, -0.05) is 18.2 Å². The summed E-state index contributed by atoms with van der Waals surface area (Å²) in [7, 11) is 0. The number of rotatable bonds is 3. The smallest absolute Gasteiger partial charge is 0.264 e. The molecule has 5 rings (SSSR count). The molecule has 7 heteroatoms. The highest BCUT2D eigenvalue weighted by Gasteiger charge is 2.32. The summed E-state index contributed by atoms with van der Waals surface area (Å²) in [6, 6.07) is 12.1. The highest BCUT2D eigenvalue weighted by atomic mass is 32.1. The SMILES string of the molecule is Cc1nn(-c2ccccc2)c2sc(C(=O)N3CCC(C4OCCO4)CC3)cc12. The van der Waals surface area contributed by atoms with Crippen molar-refractivity contribution in [2.75, 3.05) is 26.3 Å². The second kappa shape index (κ2) is 7.31. The number of hydrogen-bond acceptors (Lipinski definition) is 5. The Labute approximate surface area is 167 Å². The van der Waals surface area contributed by atoms with E-state index >= 15 is 0 Å². The van der Waals surface area contributed by atoms with Gasteiger partial charge in [-0.2, -0.15) is 5.10 Å². The van der Waals surface area contributed by atoms with E-state index in [-0.39, 0.29) is 12.2 Å². The molecule has 2 saturated heterocycles. The fourth-order valence-corrected chi connectivity index (χ4v) is 5.23. The van der Waals surface area contributed by atoms with Gasteiger partial charge >= 0.3 is 0 Å².